The third-order valence-corrected chi connectivity index (χ3v) is 2.09. The average molecular weight is 279 g/mol. The van der Waals surface area contributed by atoms with Crippen molar-refractivity contribution in [2.24, 2.45) is 4.99 Å². The molecule has 0 amide bonds. The first-order valence-electron chi connectivity index (χ1n) is 2.48. The number of aliphatic imine (C=N–C) groups is 1. The first-order valence-corrected chi connectivity index (χ1v) is 3.94. The molecule has 0 bridgehead atoms. The van der Waals surface area contributed by atoms with Crippen LogP contribution in [0.4, 0.5) is 0 Å². The van der Waals surface area contributed by atoms with Gasteiger partial charge in [-0.05, 0) is 0 Å². The van der Waals surface area contributed by atoms with Crippen LogP contribution in [0.2, 0.25) is 0 Å². The van der Waals surface area contributed by atoms with Gasteiger partial charge in [-0.15, -0.1) is 0 Å². The molecule has 8 heavy (non-hydrogen) atoms. The van der Waals surface area contributed by atoms with Crippen LogP contribution in [0.3, 0.4) is 0 Å². The molecule has 0 unspecified atom stereocenters. The first kappa shape index (κ1) is 7.97. The summed E-state index contributed by atoms with van der Waals surface area (Å²) < 4.78 is 1.37. The van der Waals surface area contributed by atoms with E-state index >= 15 is 0 Å². The predicted molar refractivity (Wildman–Crippen MR) is 34.0 cm³/mol. The Morgan fingerprint density at radius 1 is 1.88 bits per heavy atom. The molecule has 0 fully saturated rings. The Kier molecular flexibility index (Phi) is 5.09. The summed E-state index contributed by atoms with van der Waals surface area (Å²) >= 11 is 1.49. The van der Waals surface area contributed by atoms with Crippen molar-refractivity contribution < 1.29 is 19.4 Å². The van der Waals surface area contributed by atoms with Crippen LogP contribution in [0.5, 0.6) is 0 Å². The number of hydrogen-bond donors (Lipinski definition) is 0. The maximum absolute atomic E-state index is 3.87. The van der Waals surface area contributed by atoms with Crippen LogP contribution in [0, 0.1) is 0 Å². The van der Waals surface area contributed by atoms with E-state index in [2.05, 4.69) is 18.5 Å². The fourth-order valence-corrected chi connectivity index (χ4v) is 0.446. The minimum atomic E-state index is 1.10. The summed E-state index contributed by atoms with van der Waals surface area (Å²) in [6.45, 7) is 5.59. The molecule has 0 N–H and O–H groups in total. The van der Waals surface area contributed by atoms with Gasteiger partial charge in [0, 0.05) is 0 Å². The number of hydrogen-bond acceptors (Lipinski definition) is 1. The van der Waals surface area contributed by atoms with E-state index in [1.165, 1.54) is 23.3 Å². The molecule has 0 rings (SSSR count). The average Bonchev–Trinajstić information content (AvgIpc) is 1.83. The molecule has 1 nitrogen and oxygen atoms in total. The van der Waals surface area contributed by atoms with Crippen molar-refractivity contribution in [1.29, 1.82) is 0 Å². The summed E-state index contributed by atoms with van der Waals surface area (Å²) in [6.07, 6.45) is 4.52. The maximum atomic E-state index is 3.87. The third-order valence-electron chi connectivity index (χ3n) is 0.672. The van der Waals surface area contributed by atoms with Crippen molar-refractivity contribution in [2.75, 3.05) is 0 Å². The van der Waals surface area contributed by atoms with Crippen molar-refractivity contribution in [2.45, 2.75) is 13.3 Å². The first-order chi connectivity index (χ1) is 3.81. The number of rotatable bonds is 3. The van der Waals surface area contributed by atoms with E-state index in [4.69, 9.17) is 0 Å². The van der Waals surface area contributed by atoms with E-state index in [-0.39, 0.29) is 0 Å². The van der Waals surface area contributed by atoms with Gasteiger partial charge in [-0.25, -0.2) is 0 Å². The zero-order valence-electron chi connectivity index (χ0n) is 4.92. The Bertz CT molecular complexity index is 116. The molecule has 0 heterocycles. The molecule has 0 aromatic rings. The summed E-state index contributed by atoms with van der Waals surface area (Å²) in [5, 5.41) is 0. The van der Waals surface area contributed by atoms with Gasteiger partial charge in [-0.1, -0.05) is 0 Å². The SMILES string of the molecule is C=CN=C[C](=[W])CC. The molecule has 0 saturated carbocycles. The van der Waals surface area contributed by atoms with Gasteiger partial charge < -0.3 is 0 Å². The Hall–Kier alpha value is -0.0317. The molecule has 0 aliphatic heterocycles. The Labute approximate surface area is 60.9 Å². The second kappa shape index (κ2) is 5.11. The van der Waals surface area contributed by atoms with E-state index in [0.717, 1.165) is 6.42 Å². The van der Waals surface area contributed by atoms with E-state index in [9.17, 15) is 0 Å². The van der Waals surface area contributed by atoms with Crippen LogP contribution in [0.25, 0.3) is 0 Å². The van der Waals surface area contributed by atoms with E-state index in [0.29, 0.717) is 0 Å². The standard InChI is InChI=1S/C6H9N.W/c1-3-5-6-7-4-2;/h4,6H,2-3H2,1H3;. The molecule has 0 saturated heterocycles. The molecule has 0 aromatic carbocycles. The zero-order valence-corrected chi connectivity index (χ0v) is 7.86. The molecular formula is C6H9NW. The summed E-state index contributed by atoms with van der Waals surface area (Å²) in [5.41, 5.74) is 0. The van der Waals surface area contributed by atoms with Gasteiger partial charge >= 0.3 is 60.6 Å². The van der Waals surface area contributed by atoms with Crippen LogP contribution < -0.4 is 0 Å². The van der Waals surface area contributed by atoms with Gasteiger partial charge in [0.2, 0.25) is 0 Å². The van der Waals surface area contributed by atoms with E-state index in [1.807, 2.05) is 6.21 Å². The molecule has 0 aromatic heterocycles. The fourth-order valence-electron chi connectivity index (χ4n) is 0.227. The van der Waals surface area contributed by atoms with Crippen LogP contribution in [0.1, 0.15) is 13.3 Å². The summed E-state index contributed by atoms with van der Waals surface area (Å²) in [4.78, 5) is 3.87. The molecule has 2 heteroatoms. The summed E-state index contributed by atoms with van der Waals surface area (Å²) in [5.74, 6) is 0. The van der Waals surface area contributed by atoms with Crippen LogP contribution in [-0.4, -0.2) is 10.1 Å². The second-order valence-electron chi connectivity index (χ2n) is 1.28. The van der Waals surface area contributed by atoms with Crippen molar-refractivity contribution in [3.8, 4) is 0 Å². The van der Waals surface area contributed by atoms with Crippen LogP contribution in [0.15, 0.2) is 17.8 Å². The van der Waals surface area contributed by atoms with E-state index in [1.54, 1.807) is 6.20 Å². The van der Waals surface area contributed by atoms with Crippen molar-refractivity contribution in [1.82, 2.24) is 0 Å². The summed E-state index contributed by atoms with van der Waals surface area (Å²) in [7, 11) is 0. The molecular weight excluding hydrogens is 270 g/mol. The molecule has 0 aliphatic carbocycles. The minimum absolute atomic E-state index is 1.10. The predicted octanol–water partition coefficient (Wildman–Crippen LogP) is 1.33. The van der Waals surface area contributed by atoms with Gasteiger partial charge in [-0.3, -0.25) is 0 Å². The van der Waals surface area contributed by atoms with E-state index < -0.39 is 0 Å². The quantitative estimate of drug-likeness (QED) is 0.691. The Morgan fingerprint density at radius 3 is 2.88 bits per heavy atom. The molecule has 0 spiro atoms. The normalized spacial score (nSPS) is 9.62. The van der Waals surface area contributed by atoms with Gasteiger partial charge in [0.1, 0.15) is 0 Å². The summed E-state index contributed by atoms with van der Waals surface area (Å²) in [6, 6.07) is 0. The Morgan fingerprint density at radius 2 is 2.50 bits per heavy atom. The van der Waals surface area contributed by atoms with Gasteiger partial charge in [0.15, 0.2) is 0 Å². The van der Waals surface area contributed by atoms with Crippen LogP contribution >= 0.6 is 0 Å². The fraction of sp³-hybridized carbons (Fsp3) is 0.333. The monoisotopic (exact) mass is 279 g/mol. The molecule has 0 atom stereocenters. The van der Waals surface area contributed by atoms with Gasteiger partial charge in [0.05, 0.1) is 0 Å². The molecule has 0 aliphatic rings. The zero-order chi connectivity index (χ0) is 6.41. The van der Waals surface area contributed by atoms with Gasteiger partial charge in [0.25, 0.3) is 0 Å². The van der Waals surface area contributed by atoms with Gasteiger partial charge in [-0.2, -0.15) is 0 Å². The van der Waals surface area contributed by atoms with Crippen LogP contribution in [-0.2, 0) is 19.4 Å². The van der Waals surface area contributed by atoms with Crippen molar-refractivity contribution in [3.63, 3.8) is 0 Å². The molecule has 0 radical (unpaired) electrons. The topological polar surface area (TPSA) is 12.4 Å². The molecule has 44 valence electrons. The third kappa shape index (κ3) is 4.14. The van der Waals surface area contributed by atoms with Crippen molar-refractivity contribution >= 4 is 10.1 Å². The van der Waals surface area contributed by atoms with Crippen molar-refractivity contribution in [3.05, 3.63) is 12.8 Å². The Balaban J connectivity index is 3.52. The number of nitrogens with zero attached hydrogens (tertiary/aromatic N) is 1. The second-order valence-corrected chi connectivity index (χ2v) is 3.16.